The van der Waals surface area contributed by atoms with Crippen LogP contribution in [-0.4, -0.2) is 24.7 Å². The first-order valence-corrected chi connectivity index (χ1v) is 8.86. The van der Waals surface area contributed by atoms with E-state index < -0.39 is 5.60 Å². The minimum atomic E-state index is -0.759. The Morgan fingerprint density at radius 3 is 2.36 bits per heavy atom. The molecule has 2 fully saturated rings. The molecular formula is C20H28NO+. The predicted molar refractivity (Wildman–Crippen MR) is 89.5 cm³/mol. The fraction of sp³-hybridized carbons (Fsp3) is 0.600. The van der Waals surface area contributed by atoms with Gasteiger partial charge in [0.25, 0.3) is 0 Å². The standard InChI is InChI=1S/C20H27NO/c22-20(19-12-4-5-13-19,18-10-2-1-3-11-18)14-6-7-15-21-16-8-9-17-21/h1-3,10-11,19,22H,4-5,8-9,12-17H2/p+1/t20-/m1/s1. The van der Waals surface area contributed by atoms with E-state index >= 15 is 0 Å². The van der Waals surface area contributed by atoms with E-state index in [2.05, 4.69) is 24.0 Å². The van der Waals surface area contributed by atoms with Gasteiger partial charge in [-0.25, -0.2) is 0 Å². The smallest absolute Gasteiger partial charge is 0.139 e. The summed E-state index contributed by atoms with van der Waals surface area (Å²) in [7, 11) is 0. The van der Waals surface area contributed by atoms with E-state index in [4.69, 9.17) is 0 Å². The summed E-state index contributed by atoms with van der Waals surface area (Å²) in [5, 5.41) is 11.4. The molecule has 1 aromatic carbocycles. The quantitative estimate of drug-likeness (QED) is 0.818. The summed E-state index contributed by atoms with van der Waals surface area (Å²) in [6.45, 7) is 3.47. The van der Waals surface area contributed by atoms with Crippen LogP contribution in [0.25, 0.3) is 0 Å². The zero-order chi connectivity index (χ0) is 15.3. The van der Waals surface area contributed by atoms with Gasteiger partial charge in [-0.1, -0.05) is 49.1 Å². The molecule has 2 heteroatoms. The van der Waals surface area contributed by atoms with Crippen LogP contribution < -0.4 is 4.90 Å². The molecule has 22 heavy (non-hydrogen) atoms. The van der Waals surface area contributed by atoms with Crippen molar-refractivity contribution < 1.29 is 10.0 Å². The summed E-state index contributed by atoms with van der Waals surface area (Å²) < 4.78 is 0. The topological polar surface area (TPSA) is 24.7 Å². The summed E-state index contributed by atoms with van der Waals surface area (Å²) in [5.41, 5.74) is 0.287. The number of hydrogen-bond acceptors (Lipinski definition) is 1. The van der Waals surface area contributed by atoms with Crippen molar-refractivity contribution in [1.29, 1.82) is 0 Å². The van der Waals surface area contributed by atoms with Crippen LogP contribution in [0.15, 0.2) is 30.3 Å². The molecule has 1 aliphatic carbocycles. The number of hydrogen-bond donors (Lipinski definition) is 2. The molecule has 0 spiro atoms. The molecule has 1 heterocycles. The lowest BCUT2D eigenvalue weighted by Crippen LogP contribution is -3.09. The van der Waals surface area contributed by atoms with Crippen molar-refractivity contribution in [1.82, 2.24) is 0 Å². The number of benzene rings is 1. The molecule has 118 valence electrons. The van der Waals surface area contributed by atoms with Gasteiger partial charge in [0.05, 0.1) is 13.1 Å². The average molecular weight is 298 g/mol. The van der Waals surface area contributed by atoms with Crippen LogP contribution in [0.4, 0.5) is 0 Å². The molecule has 0 amide bonds. The van der Waals surface area contributed by atoms with Gasteiger partial charge in [-0.05, 0) is 30.2 Å². The second kappa shape index (κ2) is 7.31. The number of quaternary nitrogens is 1. The van der Waals surface area contributed by atoms with Crippen LogP contribution in [0.5, 0.6) is 0 Å². The lowest BCUT2D eigenvalue weighted by molar-refractivity contribution is -0.879. The highest BCUT2D eigenvalue weighted by molar-refractivity contribution is 5.26. The molecule has 2 nitrogen and oxygen atoms in total. The third kappa shape index (κ3) is 3.54. The number of rotatable bonds is 4. The van der Waals surface area contributed by atoms with E-state index in [1.807, 2.05) is 18.2 Å². The fourth-order valence-corrected chi connectivity index (χ4v) is 4.05. The molecule has 1 saturated carbocycles. The number of likely N-dealkylation sites (tertiary alicyclic amines) is 1. The Kier molecular flexibility index (Phi) is 5.18. The molecule has 1 saturated heterocycles. The van der Waals surface area contributed by atoms with Crippen molar-refractivity contribution in [3.05, 3.63) is 35.9 Å². The molecule has 2 aliphatic rings. The van der Waals surface area contributed by atoms with E-state index in [9.17, 15) is 5.11 Å². The Balaban J connectivity index is 1.70. The molecule has 1 atom stereocenters. The summed E-state index contributed by atoms with van der Waals surface area (Å²) in [4.78, 5) is 1.61. The Morgan fingerprint density at radius 1 is 1.00 bits per heavy atom. The maximum atomic E-state index is 11.4. The summed E-state index contributed by atoms with van der Waals surface area (Å²) >= 11 is 0. The third-order valence-corrected chi connectivity index (χ3v) is 5.44. The first-order chi connectivity index (χ1) is 10.8. The van der Waals surface area contributed by atoms with Crippen LogP contribution in [0.2, 0.25) is 0 Å². The maximum absolute atomic E-state index is 11.4. The zero-order valence-electron chi connectivity index (χ0n) is 13.5. The van der Waals surface area contributed by atoms with Gasteiger partial charge in [0.2, 0.25) is 0 Å². The highest BCUT2D eigenvalue weighted by atomic mass is 16.3. The van der Waals surface area contributed by atoms with Gasteiger partial charge in [-0.15, -0.1) is 0 Å². The number of aliphatic hydroxyl groups is 1. The van der Waals surface area contributed by atoms with E-state index in [-0.39, 0.29) is 0 Å². The van der Waals surface area contributed by atoms with Gasteiger partial charge in [0.15, 0.2) is 0 Å². The summed E-state index contributed by atoms with van der Waals surface area (Å²) in [6.07, 6.45) is 8.00. The highest BCUT2D eigenvalue weighted by Crippen LogP contribution is 2.42. The minimum absolute atomic E-state index is 0.364. The lowest BCUT2D eigenvalue weighted by Gasteiger charge is -2.33. The third-order valence-electron chi connectivity index (χ3n) is 5.44. The number of nitrogens with one attached hydrogen (secondary N) is 1. The second-order valence-electron chi connectivity index (χ2n) is 6.94. The zero-order valence-corrected chi connectivity index (χ0v) is 13.5. The van der Waals surface area contributed by atoms with Crippen LogP contribution in [0, 0.1) is 17.8 Å². The van der Waals surface area contributed by atoms with Gasteiger partial charge >= 0.3 is 0 Å². The minimum Gasteiger partial charge on any atom is -0.384 e. The molecule has 1 aromatic rings. The molecule has 0 unspecified atom stereocenters. The Morgan fingerprint density at radius 2 is 1.68 bits per heavy atom. The normalized spacial score (nSPS) is 22.2. The van der Waals surface area contributed by atoms with Crippen molar-refractivity contribution in [2.75, 3.05) is 19.6 Å². The highest BCUT2D eigenvalue weighted by Gasteiger charge is 2.39. The van der Waals surface area contributed by atoms with Crippen LogP contribution >= 0.6 is 0 Å². The predicted octanol–water partition coefficient (Wildman–Crippen LogP) is 2.14. The van der Waals surface area contributed by atoms with Gasteiger partial charge in [0.1, 0.15) is 12.1 Å². The van der Waals surface area contributed by atoms with E-state index in [0.29, 0.717) is 12.3 Å². The first-order valence-electron chi connectivity index (χ1n) is 8.86. The van der Waals surface area contributed by atoms with Crippen LogP contribution in [0.3, 0.4) is 0 Å². The fourth-order valence-electron chi connectivity index (χ4n) is 4.05. The van der Waals surface area contributed by atoms with Gasteiger partial charge in [0, 0.05) is 19.3 Å². The monoisotopic (exact) mass is 298 g/mol. The van der Waals surface area contributed by atoms with Crippen molar-refractivity contribution in [2.45, 2.75) is 50.5 Å². The Labute approximate surface area is 134 Å². The summed E-state index contributed by atoms with van der Waals surface area (Å²) in [6, 6.07) is 10.2. The Bertz CT molecular complexity index is 518. The van der Waals surface area contributed by atoms with Crippen molar-refractivity contribution in [3.8, 4) is 11.8 Å². The van der Waals surface area contributed by atoms with Crippen LogP contribution in [0.1, 0.15) is 50.5 Å². The molecule has 2 N–H and O–H groups in total. The van der Waals surface area contributed by atoms with Gasteiger partial charge in [-0.3, -0.25) is 0 Å². The second-order valence-corrected chi connectivity index (χ2v) is 6.94. The van der Waals surface area contributed by atoms with E-state index in [1.165, 1.54) is 38.8 Å². The van der Waals surface area contributed by atoms with Crippen molar-refractivity contribution in [2.24, 2.45) is 5.92 Å². The van der Waals surface area contributed by atoms with Crippen LogP contribution in [-0.2, 0) is 5.60 Å². The molecular weight excluding hydrogens is 270 g/mol. The molecule has 1 aliphatic heterocycles. The molecule has 0 radical (unpaired) electrons. The maximum Gasteiger partial charge on any atom is 0.139 e. The van der Waals surface area contributed by atoms with Gasteiger partial charge < -0.3 is 10.0 Å². The molecule has 0 bridgehead atoms. The first kappa shape index (κ1) is 15.6. The lowest BCUT2D eigenvalue weighted by atomic mass is 9.78. The molecule has 3 rings (SSSR count). The molecule has 0 aromatic heterocycles. The van der Waals surface area contributed by atoms with Crippen molar-refractivity contribution in [3.63, 3.8) is 0 Å². The van der Waals surface area contributed by atoms with E-state index in [1.54, 1.807) is 4.90 Å². The van der Waals surface area contributed by atoms with Gasteiger partial charge in [-0.2, -0.15) is 0 Å². The SMILES string of the molecule is O[C@](CC#CC[NH+]1CCCC1)(c1ccccc1)C1CCCC1. The largest absolute Gasteiger partial charge is 0.384 e. The van der Waals surface area contributed by atoms with Crippen molar-refractivity contribution >= 4 is 0 Å². The summed E-state index contributed by atoms with van der Waals surface area (Å²) in [5.74, 6) is 7.00. The van der Waals surface area contributed by atoms with E-state index in [0.717, 1.165) is 24.9 Å². The Hall–Kier alpha value is -1.30. The average Bonchev–Trinajstić information content (AvgIpc) is 3.25.